The van der Waals surface area contributed by atoms with Crippen molar-refractivity contribution in [1.82, 2.24) is 21.7 Å². The summed E-state index contributed by atoms with van der Waals surface area (Å²) in [6.45, 7) is 71.1. The highest BCUT2D eigenvalue weighted by molar-refractivity contribution is 7.98. The number of hydrazone groups is 2. The number of nitrogens with one attached hydrogen (secondary N) is 4. The molecule has 16 heteroatoms. The summed E-state index contributed by atoms with van der Waals surface area (Å²) in [6.07, 6.45) is 27.6. The van der Waals surface area contributed by atoms with Gasteiger partial charge in [0.15, 0.2) is 18.6 Å². The molecule has 0 bridgehead atoms. The number of ketones is 2. The Labute approximate surface area is 509 Å². The molecule has 0 aromatic heterocycles. The van der Waals surface area contributed by atoms with Gasteiger partial charge in [-0.1, -0.05) is 233 Å². The van der Waals surface area contributed by atoms with E-state index in [0.717, 1.165) is 117 Å². The average molecular weight is 1170 g/mol. The van der Waals surface area contributed by atoms with E-state index in [4.69, 9.17) is 9.47 Å². The lowest BCUT2D eigenvalue weighted by molar-refractivity contribution is -0.117. The molecular weight excluding hydrogens is 1020 g/mol. The Morgan fingerprint density at radius 3 is 1.04 bits per heavy atom. The third-order valence-electron chi connectivity index (χ3n) is 6.14. The predicted octanol–water partition coefficient (Wildman–Crippen LogP) is 20.2. The Morgan fingerprint density at radius 2 is 0.938 bits per heavy atom. The van der Waals surface area contributed by atoms with Gasteiger partial charge in [-0.2, -0.15) is 5.10 Å². The molecule has 0 atom stereocenters. The van der Waals surface area contributed by atoms with Gasteiger partial charge in [-0.05, 0) is 75.8 Å². The fraction of sp³-hybridized carbons (Fsp3) is 0.844. The highest BCUT2D eigenvalue weighted by Gasteiger charge is 2.07. The first-order valence-corrected chi connectivity index (χ1v) is 33.9. The van der Waals surface area contributed by atoms with Gasteiger partial charge in [-0.15, -0.1) is 5.10 Å². The molecule has 1 fully saturated rings. The van der Waals surface area contributed by atoms with Gasteiger partial charge in [0.1, 0.15) is 19.0 Å². The van der Waals surface area contributed by atoms with Crippen molar-refractivity contribution in [2.75, 3.05) is 58.3 Å². The van der Waals surface area contributed by atoms with E-state index in [1.807, 2.05) is 240 Å². The van der Waals surface area contributed by atoms with E-state index in [2.05, 4.69) is 56.3 Å². The Kier molecular flexibility index (Phi) is 288. The number of carbonyl (C=O) groups is 2. The molecule has 0 unspecified atom stereocenters. The van der Waals surface area contributed by atoms with Gasteiger partial charge >= 0.3 is 0 Å². The minimum absolute atomic E-state index is 0.273. The molecule has 8 aliphatic rings. The van der Waals surface area contributed by atoms with E-state index >= 15 is 0 Å². The first-order valence-electron chi connectivity index (χ1n) is 32.9. The van der Waals surface area contributed by atoms with Gasteiger partial charge in [-0.25, -0.2) is 9.82 Å². The van der Waals surface area contributed by atoms with Crippen molar-refractivity contribution in [3.8, 4) is 0 Å². The summed E-state index contributed by atoms with van der Waals surface area (Å²) in [5.74, 6) is 1.95. The maximum atomic E-state index is 10.2. The normalized spacial score (nSPS) is 13.3. The lowest BCUT2D eigenvalue weighted by Crippen LogP contribution is -2.36. The van der Waals surface area contributed by atoms with Crippen molar-refractivity contribution < 1.29 is 23.9 Å². The minimum atomic E-state index is 0.273. The van der Waals surface area contributed by atoms with Gasteiger partial charge in [0.25, 0.3) is 0 Å². The second kappa shape index (κ2) is 194. The van der Waals surface area contributed by atoms with E-state index in [0.29, 0.717) is 5.78 Å². The Bertz CT molecular complexity index is 810. The van der Waals surface area contributed by atoms with Crippen LogP contribution in [0.3, 0.4) is 0 Å². The fourth-order valence-corrected chi connectivity index (χ4v) is 4.21. The lowest BCUT2D eigenvalue weighted by Gasteiger charge is -2.04. The van der Waals surface area contributed by atoms with Crippen molar-refractivity contribution >= 4 is 61.3 Å². The standard InChI is InChI=1S/C5H8O.C5H6O.C4H8N2.2C4H7NO.C4H7NS.C3H7N3.C3H6N2O.16C2H6/c2*6-5-3-1-2-4-5;1-2-4-6-5-3-1;1-2-5-4-6-3-1;2*1-2-4-6-5-3-1;1-2-5-6-3-4-1;1-2-6-3-5-4-1;16*1-2/h1-4H2;1,3H,2,4H2;3,6H,1-2,4H2;4H,1-3H2;2*3H,1-2,4H2;3,5H,1-2H2,(H,4,6);3-4H,1-2H2;16*1-2H3. The second-order valence-electron chi connectivity index (χ2n) is 10.4. The second-order valence-corrected chi connectivity index (χ2v) is 11.3. The number of carbonyl (C=O) groups excluding carboxylic acids is 2. The zero-order valence-electron chi connectivity index (χ0n) is 60.3. The summed E-state index contributed by atoms with van der Waals surface area (Å²) in [5.41, 5.74) is 11.2. The zero-order chi connectivity index (χ0) is 66.3. The number of allylic oxidation sites excluding steroid dienone is 2. The van der Waals surface area contributed by atoms with E-state index in [1.165, 1.54) is 37.8 Å². The van der Waals surface area contributed by atoms with Crippen LogP contribution in [0.5, 0.6) is 0 Å². The molecule has 80 heavy (non-hydrogen) atoms. The molecule has 6 aliphatic heterocycles. The van der Waals surface area contributed by atoms with Crippen molar-refractivity contribution in [2.45, 2.75) is 305 Å². The predicted molar refractivity (Wildman–Crippen MR) is 379 cm³/mol. The van der Waals surface area contributed by atoms with E-state index in [-0.39, 0.29) is 5.78 Å². The number of oxime groups is 1. The van der Waals surface area contributed by atoms with Crippen LogP contribution >= 0.6 is 11.9 Å². The minimum Gasteiger partial charge on any atom is -0.483 e. The van der Waals surface area contributed by atoms with Gasteiger partial charge in [0.2, 0.25) is 0 Å². The number of ether oxygens (including phenoxy) is 2. The third-order valence-corrected chi connectivity index (χ3v) is 6.90. The summed E-state index contributed by atoms with van der Waals surface area (Å²) >= 11 is 1.66. The molecule has 0 saturated heterocycles. The molecule has 0 radical (unpaired) electrons. The van der Waals surface area contributed by atoms with Crippen molar-refractivity contribution in [2.24, 2.45) is 29.7 Å². The van der Waals surface area contributed by atoms with Crippen molar-refractivity contribution in [1.29, 1.82) is 0 Å². The van der Waals surface area contributed by atoms with Crippen molar-refractivity contribution in [3.63, 3.8) is 0 Å². The maximum Gasteiger partial charge on any atom is 0.192 e. The molecule has 1 saturated carbocycles. The van der Waals surface area contributed by atoms with E-state index < -0.39 is 0 Å². The lowest BCUT2D eigenvalue weighted by atomic mass is 10.3. The SMILES string of the molecule is C1=NCCCO1.C1=NCCNN1.C1=NNCCC1.C1=NNCCO1.C1=NOCCC1.C1=NSCCC1.CC.CC.CC.CC.CC.CC.CC.CC.CC.CC.CC.CC.CC.CC.CC.CC.O=C1C=CCC1.O=C1CCCC1. The van der Waals surface area contributed by atoms with Crippen LogP contribution in [0, 0.1) is 0 Å². The third kappa shape index (κ3) is 186. The smallest absolute Gasteiger partial charge is 0.192 e. The molecular formula is C64H152N10O5S. The molecule has 4 N–H and O–H groups in total. The van der Waals surface area contributed by atoms with Gasteiger partial charge < -0.3 is 30.6 Å². The van der Waals surface area contributed by atoms with Crippen molar-refractivity contribution in [3.05, 3.63) is 12.2 Å². The van der Waals surface area contributed by atoms with Crippen LogP contribution < -0.4 is 21.7 Å². The molecule has 2 aliphatic carbocycles. The number of Topliss-reactive ketones (excluding diaryl/α,β-unsaturated/α-hetero) is 1. The van der Waals surface area contributed by atoms with Crippen LogP contribution in [-0.2, 0) is 23.9 Å². The Hall–Kier alpha value is -3.79. The molecule has 0 spiro atoms. The van der Waals surface area contributed by atoms with Crippen LogP contribution in [-0.4, -0.2) is 108 Å². The summed E-state index contributed by atoms with van der Waals surface area (Å²) < 4.78 is 13.5. The summed E-state index contributed by atoms with van der Waals surface area (Å²) in [6, 6.07) is 0. The number of hydrazine groups is 1. The molecule has 0 aromatic carbocycles. The van der Waals surface area contributed by atoms with Crippen LogP contribution in [0.15, 0.2) is 41.9 Å². The zero-order valence-corrected chi connectivity index (χ0v) is 61.1. The van der Waals surface area contributed by atoms with E-state index in [9.17, 15) is 9.59 Å². The number of hydrogen-bond donors (Lipinski definition) is 4. The number of nitrogens with zero attached hydrogens (tertiary/aromatic N) is 6. The fourth-order valence-electron chi connectivity index (χ4n) is 3.60. The quantitative estimate of drug-likeness (QED) is 0.170. The van der Waals surface area contributed by atoms with Crippen LogP contribution in [0.1, 0.15) is 305 Å². The first-order chi connectivity index (χ1) is 39.8. The molecule has 8 rings (SSSR count). The summed E-state index contributed by atoms with van der Waals surface area (Å²) in [7, 11) is 0. The highest BCUT2D eigenvalue weighted by Crippen LogP contribution is 2.11. The largest absolute Gasteiger partial charge is 0.483 e. The number of hydrogen-bond acceptors (Lipinski definition) is 16. The maximum absolute atomic E-state index is 10.2. The van der Waals surface area contributed by atoms with Crippen LogP contribution in [0.2, 0.25) is 0 Å². The molecule has 494 valence electrons. The number of rotatable bonds is 0. The molecule has 0 amide bonds. The average Bonchev–Trinajstić information content (AvgIpc) is 4.34. The summed E-state index contributed by atoms with van der Waals surface area (Å²) in [4.78, 5) is 32.7. The highest BCUT2D eigenvalue weighted by atomic mass is 32.2. The Morgan fingerprint density at radius 1 is 0.438 bits per heavy atom. The summed E-state index contributed by atoms with van der Waals surface area (Å²) in [5, 5.41) is 10.9. The van der Waals surface area contributed by atoms with Gasteiger partial charge in [-0.3, -0.25) is 19.6 Å². The van der Waals surface area contributed by atoms with Crippen LogP contribution in [0.4, 0.5) is 0 Å². The topological polar surface area (TPSA) is 184 Å². The Balaban J connectivity index is -0.0000000390. The van der Waals surface area contributed by atoms with Crippen LogP contribution in [0.25, 0.3) is 0 Å². The number of aliphatic imine (C=N–C) groups is 2. The molecule has 6 heterocycles. The molecule has 0 aromatic rings. The van der Waals surface area contributed by atoms with Gasteiger partial charge in [0, 0.05) is 69.7 Å². The first kappa shape index (κ1) is 119. The monoisotopic (exact) mass is 1170 g/mol. The van der Waals surface area contributed by atoms with E-state index in [1.54, 1.807) is 30.6 Å². The van der Waals surface area contributed by atoms with Gasteiger partial charge in [0.05, 0.1) is 26.0 Å². The molecule has 15 nitrogen and oxygen atoms in total.